The fourth-order valence-electron chi connectivity index (χ4n) is 1.92. The molecule has 94 valence electrons. The zero-order chi connectivity index (χ0) is 12.8. The molecule has 2 rings (SSSR count). The molecule has 0 saturated carbocycles. The molecule has 2 heteroatoms. The van der Waals surface area contributed by atoms with Crippen LogP contribution in [0.15, 0.2) is 54.6 Å². The van der Waals surface area contributed by atoms with Crippen LogP contribution in [0.1, 0.15) is 23.7 Å². The number of benzene rings is 2. The minimum absolute atomic E-state index is 0.463. The first-order chi connectivity index (χ1) is 8.77. The van der Waals surface area contributed by atoms with E-state index in [4.69, 9.17) is 4.74 Å². The summed E-state index contributed by atoms with van der Waals surface area (Å²) < 4.78 is 5.58. The molecule has 2 nitrogen and oxygen atoms in total. The van der Waals surface area contributed by atoms with E-state index in [0.717, 1.165) is 16.9 Å². The Morgan fingerprint density at radius 2 is 1.67 bits per heavy atom. The predicted octanol–water partition coefficient (Wildman–Crippen LogP) is 3.50. The van der Waals surface area contributed by atoms with E-state index in [9.17, 15) is 5.11 Å². The molecule has 0 amide bonds. The van der Waals surface area contributed by atoms with Gasteiger partial charge in [-0.25, -0.2) is 0 Å². The smallest absolute Gasteiger partial charge is 0.119 e. The van der Waals surface area contributed by atoms with Crippen molar-refractivity contribution < 1.29 is 9.84 Å². The average molecular weight is 242 g/mol. The Kier molecular flexibility index (Phi) is 4.37. The molecule has 0 aliphatic carbocycles. The molecular weight excluding hydrogens is 224 g/mol. The predicted molar refractivity (Wildman–Crippen MR) is 72.7 cm³/mol. The van der Waals surface area contributed by atoms with E-state index >= 15 is 0 Å². The van der Waals surface area contributed by atoms with E-state index in [2.05, 4.69) is 0 Å². The molecule has 1 unspecified atom stereocenters. The fourth-order valence-corrected chi connectivity index (χ4v) is 1.92. The Morgan fingerprint density at radius 1 is 1.00 bits per heavy atom. The van der Waals surface area contributed by atoms with E-state index in [-0.39, 0.29) is 0 Å². The fraction of sp³-hybridized carbons (Fsp3) is 0.250. The van der Waals surface area contributed by atoms with Crippen molar-refractivity contribution >= 4 is 0 Å². The maximum Gasteiger partial charge on any atom is 0.119 e. The Morgan fingerprint density at radius 3 is 2.39 bits per heavy atom. The lowest BCUT2D eigenvalue weighted by atomic mass is 10.0. The molecule has 0 aliphatic rings. The zero-order valence-corrected chi connectivity index (χ0v) is 10.5. The maximum atomic E-state index is 10.1. The van der Waals surface area contributed by atoms with Crippen molar-refractivity contribution in [2.45, 2.75) is 19.4 Å². The summed E-state index contributed by atoms with van der Waals surface area (Å²) in [6.07, 6.45) is 0.134. The van der Waals surface area contributed by atoms with Crippen molar-refractivity contribution in [2.75, 3.05) is 6.61 Å². The number of rotatable bonds is 5. The Hall–Kier alpha value is -1.80. The number of hydrogen-bond acceptors (Lipinski definition) is 2. The van der Waals surface area contributed by atoms with Crippen LogP contribution in [-0.4, -0.2) is 11.7 Å². The summed E-state index contributed by atoms with van der Waals surface area (Å²) in [5.41, 5.74) is 2.10. The van der Waals surface area contributed by atoms with Gasteiger partial charge in [0.2, 0.25) is 0 Å². The van der Waals surface area contributed by atoms with Crippen LogP contribution in [0.5, 0.6) is 5.75 Å². The highest BCUT2D eigenvalue weighted by molar-refractivity contribution is 5.27. The molecule has 0 spiro atoms. The summed E-state index contributed by atoms with van der Waals surface area (Å²) in [6.45, 7) is 2.52. The van der Waals surface area contributed by atoms with Crippen LogP contribution in [0.25, 0.3) is 0 Å². The van der Waals surface area contributed by atoms with Crippen molar-refractivity contribution in [3.05, 3.63) is 65.7 Å². The Bertz CT molecular complexity index is 479. The SMILES string of the molecule is Cc1ccccc1C(O)CCOc1ccccc1. The highest BCUT2D eigenvalue weighted by Gasteiger charge is 2.09. The van der Waals surface area contributed by atoms with Crippen molar-refractivity contribution in [2.24, 2.45) is 0 Å². The lowest BCUT2D eigenvalue weighted by Gasteiger charge is -2.14. The Balaban J connectivity index is 1.86. The molecular formula is C16H18O2. The highest BCUT2D eigenvalue weighted by atomic mass is 16.5. The molecule has 2 aromatic carbocycles. The van der Waals surface area contributed by atoms with Crippen LogP contribution in [0.3, 0.4) is 0 Å². The van der Waals surface area contributed by atoms with E-state index in [1.165, 1.54) is 0 Å². The highest BCUT2D eigenvalue weighted by Crippen LogP contribution is 2.20. The number of hydrogen-bond donors (Lipinski definition) is 1. The second-order valence-corrected chi connectivity index (χ2v) is 4.32. The van der Waals surface area contributed by atoms with Crippen molar-refractivity contribution in [1.82, 2.24) is 0 Å². The molecule has 2 aromatic rings. The molecule has 18 heavy (non-hydrogen) atoms. The van der Waals surface area contributed by atoms with Gasteiger partial charge in [-0.05, 0) is 30.2 Å². The molecule has 0 saturated heterocycles. The van der Waals surface area contributed by atoms with Crippen molar-refractivity contribution in [3.8, 4) is 5.75 Å². The van der Waals surface area contributed by atoms with Gasteiger partial charge in [-0.2, -0.15) is 0 Å². The van der Waals surface area contributed by atoms with Crippen LogP contribution < -0.4 is 4.74 Å². The normalized spacial score (nSPS) is 12.1. The Labute approximate surface area is 108 Å². The first-order valence-corrected chi connectivity index (χ1v) is 6.19. The van der Waals surface area contributed by atoms with Crippen LogP contribution in [-0.2, 0) is 0 Å². The molecule has 0 aromatic heterocycles. The molecule has 0 aliphatic heterocycles. The third-order valence-corrected chi connectivity index (χ3v) is 2.95. The van der Waals surface area contributed by atoms with E-state index < -0.39 is 6.10 Å². The molecule has 1 atom stereocenters. The van der Waals surface area contributed by atoms with Gasteiger partial charge in [0, 0.05) is 6.42 Å². The van der Waals surface area contributed by atoms with Gasteiger partial charge in [0.1, 0.15) is 5.75 Å². The maximum absolute atomic E-state index is 10.1. The zero-order valence-electron chi connectivity index (χ0n) is 10.5. The molecule has 1 N–H and O–H groups in total. The second kappa shape index (κ2) is 6.22. The number of ether oxygens (including phenoxy) is 1. The van der Waals surface area contributed by atoms with E-state index in [1.807, 2.05) is 61.5 Å². The first kappa shape index (κ1) is 12.7. The third kappa shape index (κ3) is 3.34. The standard InChI is InChI=1S/C16H18O2/c1-13-7-5-6-10-15(13)16(17)11-12-18-14-8-3-2-4-9-14/h2-10,16-17H,11-12H2,1H3. The van der Waals surface area contributed by atoms with Gasteiger partial charge in [0.15, 0.2) is 0 Å². The van der Waals surface area contributed by atoms with Crippen LogP contribution in [0, 0.1) is 6.92 Å². The summed E-state index contributed by atoms with van der Waals surface area (Å²) in [4.78, 5) is 0. The topological polar surface area (TPSA) is 29.5 Å². The summed E-state index contributed by atoms with van der Waals surface area (Å²) in [5.74, 6) is 0.842. The number of aliphatic hydroxyl groups excluding tert-OH is 1. The second-order valence-electron chi connectivity index (χ2n) is 4.32. The largest absolute Gasteiger partial charge is 0.493 e. The summed E-state index contributed by atoms with van der Waals surface area (Å²) in [6, 6.07) is 17.6. The van der Waals surface area contributed by atoms with Gasteiger partial charge in [-0.1, -0.05) is 42.5 Å². The average Bonchev–Trinajstić information content (AvgIpc) is 2.40. The molecule has 0 radical (unpaired) electrons. The third-order valence-electron chi connectivity index (χ3n) is 2.95. The van der Waals surface area contributed by atoms with Gasteiger partial charge in [-0.15, -0.1) is 0 Å². The number of aryl methyl sites for hydroxylation is 1. The summed E-state index contributed by atoms with van der Waals surface area (Å²) in [5, 5.41) is 10.1. The molecule has 0 fully saturated rings. The number of para-hydroxylation sites is 1. The van der Waals surface area contributed by atoms with E-state index in [0.29, 0.717) is 13.0 Å². The van der Waals surface area contributed by atoms with Gasteiger partial charge >= 0.3 is 0 Å². The minimum atomic E-state index is -0.463. The van der Waals surface area contributed by atoms with Crippen molar-refractivity contribution in [3.63, 3.8) is 0 Å². The van der Waals surface area contributed by atoms with Gasteiger partial charge in [0.05, 0.1) is 12.7 Å². The van der Waals surface area contributed by atoms with Gasteiger partial charge in [-0.3, -0.25) is 0 Å². The van der Waals surface area contributed by atoms with Crippen LogP contribution >= 0.6 is 0 Å². The van der Waals surface area contributed by atoms with Crippen LogP contribution in [0.2, 0.25) is 0 Å². The summed E-state index contributed by atoms with van der Waals surface area (Å²) in [7, 11) is 0. The number of aliphatic hydroxyl groups is 1. The first-order valence-electron chi connectivity index (χ1n) is 6.19. The lowest BCUT2D eigenvalue weighted by molar-refractivity contribution is 0.140. The molecule has 0 bridgehead atoms. The van der Waals surface area contributed by atoms with E-state index in [1.54, 1.807) is 0 Å². The monoisotopic (exact) mass is 242 g/mol. The van der Waals surface area contributed by atoms with Gasteiger partial charge < -0.3 is 9.84 Å². The van der Waals surface area contributed by atoms with Crippen molar-refractivity contribution in [1.29, 1.82) is 0 Å². The van der Waals surface area contributed by atoms with Crippen LogP contribution in [0.4, 0.5) is 0 Å². The quantitative estimate of drug-likeness (QED) is 0.869. The lowest BCUT2D eigenvalue weighted by Crippen LogP contribution is -2.06. The summed E-state index contributed by atoms with van der Waals surface area (Å²) >= 11 is 0. The minimum Gasteiger partial charge on any atom is -0.493 e. The molecule has 0 heterocycles. The van der Waals surface area contributed by atoms with Gasteiger partial charge in [0.25, 0.3) is 0 Å².